The summed E-state index contributed by atoms with van der Waals surface area (Å²) in [7, 11) is -4.00. The second-order valence-electron chi connectivity index (χ2n) is 7.37. The number of furan rings is 1. The fraction of sp³-hybridized carbons (Fsp3) is 0.429. The Bertz CT molecular complexity index is 950. The second-order valence-corrected chi connectivity index (χ2v) is 9.51. The predicted octanol–water partition coefficient (Wildman–Crippen LogP) is 2.89. The van der Waals surface area contributed by atoms with Crippen molar-refractivity contribution in [3.63, 3.8) is 0 Å². The smallest absolute Gasteiger partial charge is 0.309 e. The number of nitrogens with one attached hydrogen (secondary N) is 2. The first-order valence-corrected chi connectivity index (χ1v) is 11.5. The van der Waals surface area contributed by atoms with Gasteiger partial charge in [0.2, 0.25) is 0 Å². The van der Waals surface area contributed by atoms with E-state index in [9.17, 15) is 22.4 Å². The zero-order valence-electron chi connectivity index (χ0n) is 16.5. The molecule has 2 aromatic rings. The van der Waals surface area contributed by atoms with Crippen molar-refractivity contribution in [1.29, 1.82) is 0 Å². The van der Waals surface area contributed by atoms with Gasteiger partial charge in [0.05, 0.1) is 11.2 Å². The molecule has 0 bridgehead atoms. The number of halogens is 1. The minimum Gasteiger partial charge on any atom is -0.468 e. The van der Waals surface area contributed by atoms with Crippen molar-refractivity contribution in [3.8, 4) is 0 Å². The lowest BCUT2D eigenvalue weighted by Gasteiger charge is -2.18. The maximum atomic E-state index is 13.2. The van der Waals surface area contributed by atoms with Gasteiger partial charge in [0.15, 0.2) is 9.84 Å². The van der Waals surface area contributed by atoms with Crippen molar-refractivity contribution in [2.75, 3.05) is 6.54 Å². The van der Waals surface area contributed by atoms with Crippen molar-refractivity contribution in [2.24, 2.45) is 0 Å². The van der Waals surface area contributed by atoms with Gasteiger partial charge in [0.25, 0.3) is 0 Å². The van der Waals surface area contributed by atoms with Crippen LogP contribution in [0.3, 0.4) is 0 Å². The van der Waals surface area contributed by atoms with E-state index in [1.54, 1.807) is 0 Å². The van der Waals surface area contributed by atoms with Gasteiger partial charge in [-0.15, -0.1) is 0 Å². The molecule has 0 saturated heterocycles. The SMILES string of the molecule is O=C(NC[C@H](c1ccco1)S(=O)(=O)c1ccc(F)cc1)C(=O)NC1CCCCCC1. The average molecular weight is 437 g/mol. The van der Waals surface area contributed by atoms with E-state index in [0.29, 0.717) is 0 Å². The number of carbonyl (C=O) groups excluding carboxylic acids is 2. The van der Waals surface area contributed by atoms with E-state index in [0.717, 1.165) is 62.8 Å². The molecular weight excluding hydrogens is 411 g/mol. The van der Waals surface area contributed by atoms with Gasteiger partial charge in [-0.2, -0.15) is 0 Å². The normalized spacial score (nSPS) is 16.4. The molecule has 3 rings (SSSR count). The molecule has 0 unspecified atom stereocenters. The molecule has 1 saturated carbocycles. The number of benzene rings is 1. The van der Waals surface area contributed by atoms with Gasteiger partial charge in [-0.1, -0.05) is 25.7 Å². The summed E-state index contributed by atoms with van der Waals surface area (Å²) in [5.74, 6) is -2.12. The van der Waals surface area contributed by atoms with E-state index < -0.39 is 32.7 Å². The number of rotatable bonds is 6. The highest BCUT2D eigenvalue weighted by Gasteiger charge is 2.32. The quantitative estimate of drug-likeness (QED) is 0.412. The summed E-state index contributed by atoms with van der Waals surface area (Å²) in [5.41, 5.74) is 0. The van der Waals surface area contributed by atoms with Gasteiger partial charge in [-0.3, -0.25) is 9.59 Å². The predicted molar refractivity (Wildman–Crippen MR) is 108 cm³/mol. The molecule has 1 fully saturated rings. The molecule has 162 valence electrons. The third kappa shape index (κ3) is 5.47. The summed E-state index contributed by atoms with van der Waals surface area (Å²) in [5, 5.41) is 3.87. The first-order valence-electron chi connectivity index (χ1n) is 9.99. The van der Waals surface area contributed by atoms with Crippen LogP contribution in [0.25, 0.3) is 0 Å². The highest BCUT2D eigenvalue weighted by Crippen LogP contribution is 2.29. The molecule has 0 aliphatic heterocycles. The van der Waals surface area contributed by atoms with Crippen LogP contribution < -0.4 is 10.6 Å². The van der Waals surface area contributed by atoms with Crippen molar-refractivity contribution in [2.45, 2.75) is 54.7 Å². The third-order valence-electron chi connectivity index (χ3n) is 5.22. The van der Waals surface area contributed by atoms with Crippen molar-refractivity contribution in [3.05, 3.63) is 54.2 Å². The molecular formula is C21H25FN2O5S. The average Bonchev–Trinajstić information content (AvgIpc) is 3.12. The van der Waals surface area contributed by atoms with Crippen LogP contribution in [0, 0.1) is 5.82 Å². The van der Waals surface area contributed by atoms with Crippen LogP contribution in [0.4, 0.5) is 4.39 Å². The van der Waals surface area contributed by atoms with E-state index in [1.807, 2.05) is 0 Å². The van der Waals surface area contributed by atoms with E-state index in [4.69, 9.17) is 4.42 Å². The maximum Gasteiger partial charge on any atom is 0.309 e. The Morgan fingerprint density at radius 1 is 1.03 bits per heavy atom. The molecule has 1 aromatic carbocycles. The molecule has 2 amide bonds. The number of carbonyl (C=O) groups is 2. The largest absolute Gasteiger partial charge is 0.468 e. The summed E-state index contributed by atoms with van der Waals surface area (Å²) >= 11 is 0. The van der Waals surface area contributed by atoms with Gasteiger partial charge >= 0.3 is 11.8 Å². The van der Waals surface area contributed by atoms with Gasteiger partial charge < -0.3 is 15.1 Å². The third-order valence-corrected chi connectivity index (χ3v) is 7.30. The first kappa shape index (κ1) is 22.0. The fourth-order valence-corrected chi connectivity index (χ4v) is 5.15. The molecule has 2 N–H and O–H groups in total. The number of amides is 2. The van der Waals surface area contributed by atoms with Crippen LogP contribution in [-0.2, 0) is 19.4 Å². The maximum absolute atomic E-state index is 13.2. The van der Waals surface area contributed by atoms with E-state index in [1.165, 1.54) is 18.4 Å². The Labute approximate surface area is 175 Å². The number of hydrogen-bond donors (Lipinski definition) is 2. The summed E-state index contributed by atoms with van der Waals surface area (Å²) in [4.78, 5) is 24.4. The molecule has 30 heavy (non-hydrogen) atoms. The van der Waals surface area contributed by atoms with Gasteiger partial charge in [0, 0.05) is 12.6 Å². The standard InChI is InChI=1S/C21H25FN2O5S/c22-15-9-11-17(12-10-15)30(27,28)19(18-8-5-13-29-18)14-23-20(25)21(26)24-16-6-3-1-2-4-7-16/h5,8-13,16,19H,1-4,6-7,14H2,(H,23,25)(H,24,26)/t19-/m1/s1. The molecule has 1 aliphatic rings. The first-order chi connectivity index (χ1) is 14.4. The highest BCUT2D eigenvalue weighted by atomic mass is 32.2. The van der Waals surface area contributed by atoms with Crippen molar-refractivity contribution >= 4 is 21.7 Å². The van der Waals surface area contributed by atoms with Crippen LogP contribution in [-0.4, -0.2) is 32.8 Å². The highest BCUT2D eigenvalue weighted by molar-refractivity contribution is 7.91. The molecule has 1 heterocycles. The Morgan fingerprint density at radius 3 is 2.30 bits per heavy atom. The lowest BCUT2D eigenvalue weighted by Crippen LogP contribution is -2.45. The number of hydrogen-bond acceptors (Lipinski definition) is 5. The Kier molecular flexibility index (Phi) is 7.25. The Balaban J connectivity index is 1.69. The molecule has 1 atom stereocenters. The van der Waals surface area contributed by atoms with Gasteiger partial charge in [-0.05, 0) is 49.2 Å². The molecule has 0 spiro atoms. The summed E-state index contributed by atoms with van der Waals surface area (Å²) in [6, 6.07) is 7.36. The monoisotopic (exact) mass is 436 g/mol. The van der Waals surface area contributed by atoms with Crippen LogP contribution in [0.5, 0.6) is 0 Å². The number of sulfone groups is 1. The summed E-state index contributed by atoms with van der Waals surface area (Å²) in [6.07, 6.45) is 7.21. The minimum atomic E-state index is -4.00. The van der Waals surface area contributed by atoms with Crippen molar-refractivity contribution < 1.29 is 26.8 Å². The van der Waals surface area contributed by atoms with Crippen LogP contribution in [0.1, 0.15) is 49.5 Å². The van der Waals surface area contributed by atoms with Gasteiger partial charge in [0.1, 0.15) is 16.8 Å². The fourth-order valence-electron chi connectivity index (χ4n) is 3.57. The zero-order valence-corrected chi connectivity index (χ0v) is 17.3. The Hall–Kier alpha value is -2.68. The topological polar surface area (TPSA) is 105 Å². The van der Waals surface area contributed by atoms with E-state index in [2.05, 4.69) is 10.6 Å². The molecule has 9 heteroatoms. The van der Waals surface area contributed by atoms with Crippen LogP contribution >= 0.6 is 0 Å². The molecule has 7 nitrogen and oxygen atoms in total. The molecule has 0 radical (unpaired) electrons. The minimum absolute atomic E-state index is 0.0467. The Morgan fingerprint density at radius 2 is 1.70 bits per heavy atom. The molecule has 1 aliphatic carbocycles. The summed E-state index contributed by atoms with van der Waals surface area (Å²) < 4.78 is 44.5. The van der Waals surface area contributed by atoms with Crippen LogP contribution in [0.15, 0.2) is 52.0 Å². The lowest BCUT2D eigenvalue weighted by atomic mass is 10.1. The summed E-state index contributed by atoms with van der Waals surface area (Å²) in [6.45, 7) is -0.357. The van der Waals surface area contributed by atoms with Crippen LogP contribution in [0.2, 0.25) is 0 Å². The van der Waals surface area contributed by atoms with Gasteiger partial charge in [-0.25, -0.2) is 12.8 Å². The van der Waals surface area contributed by atoms with E-state index >= 15 is 0 Å². The lowest BCUT2D eigenvalue weighted by molar-refractivity contribution is -0.139. The second kappa shape index (κ2) is 9.88. The van der Waals surface area contributed by atoms with E-state index in [-0.39, 0.29) is 23.2 Å². The van der Waals surface area contributed by atoms with Crippen molar-refractivity contribution in [1.82, 2.24) is 10.6 Å². The molecule has 1 aromatic heterocycles. The zero-order chi connectivity index (χ0) is 21.6.